The number of alkyl halides is 2. The molecule has 1 aliphatic rings. The first-order valence-electron chi connectivity index (χ1n) is 5.65. The second-order valence-corrected chi connectivity index (χ2v) is 4.27. The smallest absolute Gasteiger partial charge is 0.268 e. The molecule has 0 saturated heterocycles. The average molecular weight is 243 g/mol. The second-order valence-electron chi connectivity index (χ2n) is 4.27. The fourth-order valence-electron chi connectivity index (χ4n) is 1.58. The van der Waals surface area contributed by atoms with Crippen molar-refractivity contribution in [3.8, 4) is 0 Å². The Hall–Kier alpha value is -1.07. The van der Waals surface area contributed by atoms with Crippen molar-refractivity contribution in [2.45, 2.75) is 44.5 Å². The van der Waals surface area contributed by atoms with Crippen LogP contribution in [0.1, 0.15) is 43.2 Å². The maximum Gasteiger partial charge on any atom is 0.268 e. The van der Waals surface area contributed by atoms with E-state index in [1.165, 1.54) is 18.3 Å². The van der Waals surface area contributed by atoms with Gasteiger partial charge in [-0.25, -0.2) is 8.78 Å². The highest BCUT2D eigenvalue weighted by Gasteiger charge is 2.26. The molecule has 94 valence electrons. The number of nitrogens with zero attached hydrogens (tertiary/aromatic N) is 1. The van der Waals surface area contributed by atoms with Crippen molar-refractivity contribution in [2.24, 2.45) is 0 Å². The number of ether oxygens (including phenoxy) is 1. The maximum absolute atomic E-state index is 12.4. The molecule has 2 rings (SSSR count). The fourth-order valence-corrected chi connectivity index (χ4v) is 1.58. The molecule has 0 radical (unpaired) electrons. The Morgan fingerprint density at radius 3 is 2.76 bits per heavy atom. The van der Waals surface area contributed by atoms with Crippen LogP contribution in [0, 0.1) is 0 Å². The number of aromatic nitrogens is 1. The number of hydrogen-bond acceptors (Lipinski definition) is 3. The highest BCUT2D eigenvalue weighted by Crippen LogP contribution is 2.30. The molecule has 1 aromatic rings. The van der Waals surface area contributed by atoms with Crippen LogP contribution in [0.15, 0.2) is 18.3 Å². The van der Waals surface area contributed by atoms with E-state index in [9.17, 15) is 13.9 Å². The minimum atomic E-state index is -2.79. The molecule has 2 atom stereocenters. The quantitative estimate of drug-likeness (QED) is 0.864. The molecule has 0 aromatic carbocycles. The van der Waals surface area contributed by atoms with Crippen molar-refractivity contribution in [2.75, 3.05) is 0 Å². The van der Waals surface area contributed by atoms with Gasteiger partial charge < -0.3 is 9.84 Å². The van der Waals surface area contributed by atoms with Gasteiger partial charge in [0, 0.05) is 6.20 Å². The SMILES string of the molecule is CC(OC1CC1)c1cc(C(O)C(F)F)ccn1. The maximum atomic E-state index is 12.4. The molecule has 17 heavy (non-hydrogen) atoms. The molecule has 1 aromatic heterocycles. The zero-order valence-electron chi connectivity index (χ0n) is 9.51. The van der Waals surface area contributed by atoms with Crippen LogP contribution in [0.2, 0.25) is 0 Å². The molecule has 1 aliphatic carbocycles. The largest absolute Gasteiger partial charge is 0.382 e. The Kier molecular flexibility index (Phi) is 3.69. The monoisotopic (exact) mass is 243 g/mol. The van der Waals surface area contributed by atoms with Crippen molar-refractivity contribution in [3.05, 3.63) is 29.6 Å². The summed E-state index contributed by atoms with van der Waals surface area (Å²) < 4.78 is 30.3. The van der Waals surface area contributed by atoms with E-state index < -0.39 is 12.5 Å². The minimum Gasteiger partial charge on any atom is -0.382 e. The van der Waals surface area contributed by atoms with Crippen molar-refractivity contribution >= 4 is 0 Å². The second kappa shape index (κ2) is 5.06. The lowest BCUT2D eigenvalue weighted by molar-refractivity contribution is -0.00619. The number of hydrogen-bond donors (Lipinski definition) is 1. The molecule has 1 N–H and O–H groups in total. The van der Waals surface area contributed by atoms with E-state index in [4.69, 9.17) is 4.74 Å². The van der Waals surface area contributed by atoms with Crippen LogP contribution in [-0.4, -0.2) is 22.6 Å². The van der Waals surface area contributed by atoms with Gasteiger partial charge in [0.2, 0.25) is 0 Å². The van der Waals surface area contributed by atoms with E-state index >= 15 is 0 Å². The highest BCUT2D eigenvalue weighted by atomic mass is 19.3. The van der Waals surface area contributed by atoms with Gasteiger partial charge in [0.25, 0.3) is 6.43 Å². The van der Waals surface area contributed by atoms with Gasteiger partial charge in [-0.3, -0.25) is 4.98 Å². The number of rotatable bonds is 5. The minimum absolute atomic E-state index is 0.177. The summed E-state index contributed by atoms with van der Waals surface area (Å²) in [6, 6.07) is 2.87. The predicted octanol–water partition coefficient (Wildman–Crippen LogP) is 2.62. The van der Waals surface area contributed by atoms with Crippen LogP contribution in [0.3, 0.4) is 0 Å². The third-order valence-corrected chi connectivity index (χ3v) is 2.72. The van der Waals surface area contributed by atoms with Crippen molar-refractivity contribution < 1.29 is 18.6 Å². The molecule has 3 nitrogen and oxygen atoms in total. The molecule has 0 aliphatic heterocycles. The fraction of sp³-hybridized carbons (Fsp3) is 0.583. The van der Waals surface area contributed by atoms with E-state index in [1.807, 2.05) is 6.92 Å². The highest BCUT2D eigenvalue weighted by molar-refractivity contribution is 5.20. The van der Waals surface area contributed by atoms with Crippen LogP contribution in [0.4, 0.5) is 8.78 Å². The van der Waals surface area contributed by atoms with Crippen LogP contribution >= 0.6 is 0 Å². The first kappa shape index (κ1) is 12.4. The van der Waals surface area contributed by atoms with E-state index in [-0.39, 0.29) is 17.8 Å². The van der Waals surface area contributed by atoms with Crippen molar-refractivity contribution in [1.82, 2.24) is 4.98 Å². The lowest BCUT2D eigenvalue weighted by Crippen LogP contribution is -2.10. The average Bonchev–Trinajstić information content (AvgIpc) is 3.12. The van der Waals surface area contributed by atoms with Gasteiger partial charge in [0.15, 0.2) is 0 Å². The number of aliphatic hydroxyl groups excluding tert-OH is 1. The summed E-state index contributed by atoms with van der Waals surface area (Å²) in [5, 5.41) is 9.28. The molecule has 0 spiro atoms. The van der Waals surface area contributed by atoms with E-state index in [1.54, 1.807) is 0 Å². The summed E-state index contributed by atoms with van der Waals surface area (Å²) in [5.74, 6) is 0. The summed E-state index contributed by atoms with van der Waals surface area (Å²) >= 11 is 0. The summed E-state index contributed by atoms with van der Waals surface area (Å²) in [7, 11) is 0. The molecule has 0 bridgehead atoms. The Bertz CT molecular complexity index is 383. The topological polar surface area (TPSA) is 42.4 Å². The summed E-state index contributed by atoms with van der Waals surface area (Å²) in [4.78, 5) is 4.08. The van der Waals surface area contributed by atoms with E-state index in [0.29, 0.717) is 5.69 Å². The molecule has 1 saturated carbocycles. The first-order chi connectivity index (χ1) is 8.08. The number of aliphatic hydroxyl groups is 1. The van der Waals surface area contributed by atoms with Gasteiger partial charge in [0.05, 0.1) is 17.9 Å². The summed E-state index contributed by atoms with van der Waals surface area (Å²) in [6.07, 6.45) is -0.992. The number of pyridine rings is 1. The Labute approximate surface area is 98.4 Å². The molecule has 5 heteroatoms. The van der Waals surface area contributed by atoms with Gasteiger partial charge in [-0.2, -0.15) is 0 Å². The molecule has 1 heterocycles. The summed E-state index contributed by atoms with van der Waals surface area (Å²) in [6.45, 7) is 1.83. The summed E-state index contributed by atoms with van der Waals surface area (Å²) in [5.41, 5.74) is 0.755. The Morgan fingerprint density at radius 2 is 2.18 bits per heavy atom. The van der Waals surface area contributed by atoms with Crippen molar-refractivity contribution in [3.63, 3.8) is 0 Å². The Morgan fingerprint density at radius 1 is 1.47 bits per heavy atom. The molecular formula is C12H15F2NO2. The first-order valence-corrected chi connectivity index (χ1v) is 5.65. The van der Waals surface area contributed by atoms with Gasteiger partial charge >= 0.3 is 0 Å². The third kappa shape index (κ3) is 3.20. The predicted molar refractivity (Wildman–Crippen MR) is 57.7 cm³/mol. The van der Waals surface area contributed by atoms with E-state index in [2.05, 4.69) is 4.98 Å². The molecular weight excluding hydrogens is 228 g/mol. The van der Waals surface area contributed by atoms with Crippen LogP contribution in [-0.2, 0) is 4.74 Å². The third-order valence-electron chi connectivity index (χ3n) is 2.72. The lowest BCUT2D eigenvalue weighted by Gasteiger charge is -2.15. The normalized spacial score (nSPS) is 19.4. The van der Waals surface area contributed by atoms with Gasteiger partial charge in [-0.15, -0.1) is 0 Å². The van der Waals surface area contributed by atoms with E-state index in [0.717, 1.165) is 12.8 Å². The van der Waals surface area contributed by atoms with Crippen LogP contribution in [0.5, 0.6) is 0 Å². The van der Waals surface area contributed by atoms with Gasteiger partial charge in [0.1, 0.15) is 6.10 Å². The standard InChI is InChI=1S/C12H15F2NO2/c1-7(17-9-2-3-9)10-6-8(4-5-15-10)11(16)12(13)14/h4-7,9,11-12,16H,2-3H2,1H3. The van der Waals surface area contributed by atoms with Gasteiger partial charge in [-0.05, 0) is 37.5 Å². The molecule has 0 amide bonds. The van der Waals surface area contributed by atoms with Crippen LogP contribution < -0.4 is 0 Å². The zero-order valence-corrected chi connectivity index (χ0v) is 9.51. The molecule has 1 fully saturated rings. The Balaban J connectivity index is 2.09. The van der Waals surface area contributed by atoms with Crippen LogP contribution in [0.25, 0.3) is 0 Å². The van der Waals surface area contributed by atoms with Gasteiger partial charge in [-0.1, -0.05) is 0 Å². The number of halogens is 2. The van der Waals surface area contributed by atoms with Crippen molar-refractivity contribution in [1.29, 1.82) is 0 Å². The molecule has 2 unspecified atom stereocenters. The zero-order chi connectivity index (χ0) is 12.4. The lowest BCUT2D eigenvalue weighted by atomic mass is 10.1.